The van der Waals surface area contributed by atoms with E-state index in [2.05, 4.69) is 60.3 Å². The van der Waals surface area contributed by atoms with Crippen molar-refractivity contribution in [3.63, 3.8) is 0 Å². The third-order valence-electron chi connectivity index (χ3n) is 6.36. The fourth-order valence-electron chi connectivity index (χ4n) is 4.58. The Labute approximate surface area is 216 Å². The van der Waals surface area contributed by atoms with Crippen molar-refractivity contribution in [2.24, 2.45) is 11.3 Å². The molecule has 35 heavy (non-hydrogen) atoms. The highest BCUT2D eigenvalue weighted by Crippen LogP contribution is 2.56. The van der Waals surface area contributed by atoms with Crippen LogP contribution in [0.1, 0.15) is 12.0 Å². The molecule has 2 atom stereocenters. The molecule has 0 bridgehead atoms. The number of benzene rings is 2. The summed E-state index contributed by atoms with van der Waals surface area (Å²) in [5.41, 5.74) is 2.06. The number of fused-ring (bicyclic) bond motifs is 2. The number of likely N-dealkylation sites (tertiary alicyclic amines) is 1. The van der Waals surface area contributed by atoms with Crippen molar-refractivity contribution in [2.75, 3.05) is 36.1 Å². The highest BCUT2D eigenvalue weighted by atomic mass is 79.9. The molecule has 2 aliphatic rings. The number of nitrogens with zero attached hydrogens (tertiary/aromatic N) is 3. The SMILES string of the molecule is CN1C[C@H]2C[C@@]2(C#Cc2cc3ncnc(Nc4cccc(Cl)c4F)c3cc2NC(=O)/C=C/CBr)C1. The van der Waals surface area contributed by atoms with Crippen LogP contribution < -0.4 is 10.6 Å². The molecule has 1 aromatic heterocycles. The van der Waals surface area contributed by atoms with Gasteiger partial charge in [0, 0.05) is 35.3 Å². The summed E-state index contributed by atoms with van der Waals surface area (Å²) in [5.74, 6) is 6.93. The highest BCUT2D eigenvalue weighted by Gasteiger charge is 2.58. The maximum Gasteiger partial charge on any atom is 0.248 e. The van der Waals surface area contributed by atoms with Crippen LogP contribution in [-0.4, -0.2) is 46.2 Å². The van der Waals surface area contributed by atoms with Gasteiger partial charge in [0.1, 0.15) is 12.1 Å². The van der Waals surface area contributed by atoms with E-state index in [1.165, 1.54) is 18.5 Å². The van der Waals surface area contributed by atoms with Crippen molar-refractivity contribution in [3.05, 3.63) is 65.2 Å². The van der Waals surface area contributed by atoms with Gasteiger partial charge in [0.2, 0.25) is 5.91 Å². The molecule has 9 heteroatoms. The predicted octanol–water partition coefficient (Wildman–Crippen LogP) is 5.36. The zero-order valence-corrected chi connectivity index (χ0v) is 21.3. The number of hydrogen-bond donors (Lipinski definition) is 2. The number of allylic oxidation sites excluding steroid dienone is 1. The summed E-state index contributed by atoms with van der Waals surface area (Å²) in [6.45, 7) is 2.02. The first-order valence-corrected chi connectivity index (χ1v) is 12.6. The van der Waals surface area contributed by atoms with Crippen LogP contribution in [0.25, 0.3) is 10.9 Å². The first-order valence-electron chi connectivity index (χ1n) is 11.1. The molecule has 1 saturated heterocycles. The average molecular weight is 555 g/mol. The van der Waals surface area contributed by atoms with Gasteiger partial charge in [-0.25, -0.2) is 14.4 Å². The van der Waals surface area contributed by atoms with E-state index in [1.807, 2.05) is 6.07 Å². The second kappa shape index (κ2) is 9.57. The zero-order chi connectivity index (χ0) is 24.6. The zero-order valence-electron chi connectivity index (χ0n) is 18.9. The molecular formula is C26H22BrClFN5O. The van der Waals surface area contributed by atoms with E-state index in [0.29, 0.717) is 39.2 Å². The Kier molecular flexibility index (Phi) is 6.49. The highest BCUT2D eigenvalue weighted by molar-refractivity contribution is 9.09. The van der Waals surface area contributed by atoms with E-state index in [0.717, 1.165) is 19.5 Å². The maximum absolute atomic E-state index is 14.5. The van der Waals surface area contributed by atoms with E-state index in [-0.39, 0.29) is 22.0 Å². The van der Waals surface area contributed by atoms with Crippen LogP contribution >= 0.6 is 27.5 Å². The smallest absolute Gasteiger partial charge is 0.248 e. The first kappa shape index (κ1) is 23.7. The van der Waals surface area contributed by atoms with Crippen LogP contribution in [0.4, 0.5) is 21.6 Å². The molecule has 2 aromatic carbocycles. The van der Waals surface area contributed by atoms with Gasteiger partial charge in [-0.15, -0.1) is 0 Å². The third-order valence-corrected chi connectivity index (χ3v) is 7.02. The molecule has 1 saturated carbocycles. The largest absolute Gasteiger partial charge is 0.337 e. The van der Waals surface area contributed by atoms with Gasteiger partial charge >= 0.3 is 0 Å². The van der Waals surface area contributed by atoms with Gasteiger partial charge in [-0.2, -0.15) is 0 Å². The van der Waals surface area contributed by atoms with Crippen molar-refractivity contribution in [1.29, 1.82) is 0 Å². The molecule has 178 valence electrons. The molecule has 6 nitrogen and oxygen atoms in total. The Bertz CT molecular complexity index is 1420. The summed E-state index contributed by atoms with van der Waals surface area (Å²) in [6.07, 6.45) is 5.68. The normalized spacial score (nSPS) is 21.0. The van der Waals surface area contributed by atoms with Gasteiger partial charge in [-0.05, 0) is 43.7 Å². The minimum Gasteiger partial charge on any atom is -0.337 e. The minimum atomic E-state index is -0.573. The molecule has 1 aliphatic carbocycles. The number of carbonyl (C=O) groups excluding carboxylic acids is 1. The predicted molar refractivity (Wildman–Crippen MR) is 141 cm³/mol. The Morgan fingerprint density at radius 3 is 3.00 bits per heavy atom. The van der Waals surface area contributed by atoms with Crippen molar-refractivity contribution < 1.29 is 9.18 Å². The minimum absolute atomic E-state index is 0.00719. The molecule has 0 unspecified atom stereocenters. The lowest BCUT2D eigenvalue weighted by atomic mass is 10.0. The van der Waals surface area contributed by atoms with Crippen LogP contribution in [0, 0.1) is 29.0 Å². The number of halogens is 3. The number of nitrogens with one attached hydrogen (secondary N) is 2. The van der Waals surface area contributed by atoms with Gasteiger partial charge < -0.3 is 15.5 Å². The Morgan fingerprint density at radius 2 is 2.23 bits per heavy atom. The topological polar surface area (TPSA) is 70.2 Å². The van der Waals surface area contributed by atoms with Crippen molar-refractivity contribution in [2.45, 2.75) is 6.42 Å². The molecule has 2 fully saturated rings. The summed E-state index contributed by atoms with van der Waals surface area (Å²) < 4.78 is 14.5. The van der Waals surface area contributed by atoms with Crippen molar-refractivity contribution >= 4 is 61.5 Å². The average Bonchev–Trinajstić information content (AvgIpc) is 3.40. The second-order valence-electron chi connectivity index (χ2n) is 8.91. The Morgan fingerprint density at radius 1 is 1.37 bits per heavy atom. The van der Waals surface area contributed by atoms with Crippen LogP contribution in [0.3, 0.4) is 0 Å². The number of carbonyl (C=O) groups is 1. The van der Waals surface area contributed by atoms with E-state index in [4.69, 9.17) is 11.6 Å². The van der Waals surface area contributed by atoms with Crippen molar-refractivity contribution in [1.82, 2.24) is 14.9 Å². The lowest BCUT2D eigenvalue weighted by Crippen LogP contribution is -2.19. The quantitative estimate of drug-likeness (QED) is 0.253. The molecule has 2 heterocycles. The molecule has 0 spiro atoms. The van der Waals surface area contributed by atoms with Crippen LogP contribution in [0.15, 0.2) is 48.8 Å². The molecule has 3 aromatic rings. The molecule has 0 radical (unpaired) electrons. The fraction of sp³-hybridized carbons (Fsp3) is 0.269. The van der Waals surface area contributed by atoms with Crippen molar-refractivity contribution in [3.8, 4) is 11.8 Å². The molecule has 5 rings (SSSR count). The molecule has 1 amide bonds. The lowest BCUT2D eigenvalue weighted by molar-refractivity contribution is -0.111. The van der Waals surface area contributed by atoms with Gasteiger partial charge in [-0.3, -0.25) is 4.79 Å². The van der Waals surface area contributed by atoms with E-state index in [9.17, 15) is 9.18 Å². The van der Waals surface area contributed by atoms with Crippen LogP contribution in [-0.2, 0) is 4.79 Å². The molecule has 2 N–H and O–H groups in total. The number of rotatable bonds is 5. The molecule has 1 aliphatic heterocycles. The van der Waals surface area contributed by atoms with Gasteiger partial charge in [0.05, 0.1) is 27.5 Å². The number of hydrogen-bond acceptors (Lipinski definition) is 5. The van der Waals surface area contributed by atoms with Gasteiger partial charge in [-0.1, -0.05) is 51.5 Å². The summed E-state index contributed by atoms with van der Waals surface area (Å²) >= 11 is 9.21. The Balaban J connectivity index is 1.56. The monoisotopic (exact) mass is 553 g/mol. The van der Waals surface area contributed by atoms with Gasteiger partial charge in [0.25, 0.3) is 0 Å². The second-order valence-corrected chi connectivity index (χ2v) is 9.97. The van der Waals surface area contributed by atoms with Gasteiger partial charge in [0.15, 0.2) is 5.82 Å². The Hall–Kier alpha value is -2.99. The lowest BCUT2D eigenvalue weighted by Gasteiger charge is -2.13. The van der Waals surface area contributed by atoms with E-state index in [1.54, 1.807) is 24.3 Å². The fourth-order valence-corrected chi connectivity index (χ4v) is 4.95. The maximum atomic E-state index is 14.5. The number of amides is 1. The summed E-state index contributed by atoms with van der Waals surface area (Å²) in [7, 11) is 2.11. The standard InChI is InChI=1S/C26H22BrClFN5O/c1-34-13-17-12-26(17,14-34)8-7-16-10-22-18(11-21(16)32-23(35)6-3-9-27)25(31-15-30-22)33-20-5-2-4-19(28)24(20)29/h2-6,10-11,15,17H,9,12-14H2,1H3,(H,32,35)(H,30,31,33)/b6-3+/t17-,26+/m1/s1. The number of anilines is 3. The summed E-state index contributed by atoms with van der Waals surface area (Å²) in [6, 6.07) is 8.31. The van der Waals surface area contributed by atoms with E-state index < -0.39 is 5.82 Å². The number of alkyl halides is 1. The number of aromatic nitrogens is 2. The van der Waals surface area contributed by atoms with Crippen LogP contribution in [0.2, 0.25) is 5.02 Å². The number of piperidine rings is 1. The first-order chi connectivity index (χ1) is 16.9. The third kappa shape index (κ3) is 4.90. The van der Waals surface area contributed by atoms with E-state index >= 15 is 0 Å². The summed E-state index contributed by atoms with van der Waals surface area (Å²) in [4.78, 5) is 23.5. The summed E-state index contributed by atoms with van der Waals surface area (Å²) in [5, 5.41) is 7.10. The van der Waals surface area contributed by atoms with Crippen LogP contribution in [0.5, 0.6) is 0 Å². The molecular weight excluding hydrogens is 533 g/mol.